The zero-order valence-electron chi connectivity index (χ0n) is 15.8. The predicted octanol–water partition coefficient (Wildman–Crippen LogP) is 4.13. The number of amides is 1. The van der Waals surface area contributed by atoms with E-state index in [0.29, 0.717) is 22.7 Å². The fourth-order valence-corrected chi connectivity index (χ4v) is 2.67. The standard InChI is InChI=1S/C19H19N3O6/c1-10(2)19-21-13-7-11(5-6-15(13)28-19)20-18(23)12-8-16(26-3)17(27-4)9-14(12)22(24)25/h5-10H,1-4H3,(H,20,23). The summed E-state index contributed by atoms with van der Waals surface area (Å²) >= 11 is 0. The number of nitro groups is 1. The number of benzene rings is 2. The van der Waals surface area contributed by atoms with Gasteiger partial charge in [0.1, 0.15) is 11.1 Å². The van der Waals surface area contributed by atoms with Crippen molar-refractivity contribution in [2.24, 2.45) is 0 Å². The number of ether oxygens (including phenoxy) is 2. The number of nitrogens with zero attached hydrogens (tertiary/aromatic N) is 2. The minimum Gasteiger partial charge on any atom is -0.493 e. The van der Waals surface area contributed by atoms with Crippen LogP contribution >= 0.6 is 0 Å². The average Bonchev–Trinajstić information content (AvgIpc) is 3.10. The molecule has 146 valence electrons. The van der Waals surface area contributed by atoms with Gasteiger partial charge < -0.3 is 19.2 Å². The molecule has 1 amide bonds. The molecular formula is C19H19N3O6. The van der Waals surface area contributed by atoms with Crippen LogP contribution in [0.5, 0.6) is 11.5 Å². The minimum atomic E-state index is -0.653. The van der Waals surface area contributed by atoms with E-state index in [1.807, 2.05) is 13.8 Å². The summed E-state index contributed by atoms with van der Waals surface area (Å²) in [6, 6.07) is 7.41. The molecule has 0 spiro atoms. The molecule has 28 heavy (non-hydrogen) atoms. The number of carbonyl (C=O) groups is 1. The molecule has 2 aromatic carbocycles. The zero-order chi connectivity index (χ0) is 20.4. The Balaban J connectivity index is 1.96. The van der Waals surface area contributed by atoms with Crippen LogP contribution in [0.2, 0.25) is 0 Å². The number of oxazole rings is 1. The van der Waals surface area contributed by atoms with E-state index in [0.717, 1.165) is 6.07 Å². The molecule has 3 rings (SSSR count). The number of anilines is 1. The highest BCUT2D eigenvalue weighted by atomic mass is 16.6. The molecule has 9 nitrogen and oxygen atoms in total. The maximum Gasteiger partial charge on any atom is 0.286 e. The van der Waals surface area contributed by atoms with Crippen molar-refractivity contribution in [2.75, 3.05) is 19.5 Å². The Morgan fingerprint density at radius 2 is 1.86 bits per heavy atom. The summed E-state index contributed by atoms with van der Waals surface area (Å²) < 4.78 is 15.9. The lowest BCUT2D eigenvalue weighted by Crippen LogP contribution is -2.14. The van der Waals surface area contributed by atoms with Crippen molar-refractivity contribution in [3.63, 3.8) is 0 Å². The first-order chi connectivity index (χ1) is 13.3. The third kappa shape index (κ3) is 3.59. The summed E-state index contributed by atoms with van der Waals surface area (Å²) in [5.74, 6) is 0.441. The van der Waals surface area contributed by atoms with Crippen molar-refractivity contribution in [1.82, 2.24) is 4.98 Å². The molecule has 1 heterocycles. The summed E-state index contributed by atoms with van der Waals surface area (Å²) in [7, 11) is 2.75. The topological polar surface area (TPSA) is 117 Å². The molecule has 1 aromatic heterocycles. The van der Waals surface area contributed by atoms with Crippen molar-refractivity contribution in [3.05, 3.63) is 51.9 Å². The van der Waals surface area contributed by atoms with Crippen LogP contribution in [-0.4, -0.2) is 30.0 Å². The first-order valence-corrected chi connectivity index (χ1v) is 8.46. The number of aromatic nitrogens is 1. The van der Waals surface area contributed by atoms with Gasteiger partial charge in [-0.2, -0.15) is 0 Å². The lowest BCUT2D eigenvalue weighted by molar-refractivity contribution is -0.385. The number of hydrogen-bond donors (Lipinski definition) is 1. The summed E-state index contributed by atoms with van der Waals surface area (Å²) in [5.41, 5.74) is 1.08. The molecule has 0 bridgehead atoms. The van der Waals surface area contributed by atoms with Gasteiger partial charge in [0.15, 0.2) is 23.0 Å². The van der Waals surface area contributed by atoms with Crippen LogP contribution in [0.4, 0.5) is 11.4 Å². The molecule has 0 fully saturated rings. The molecule has 0 aliphatic carbocycles. The zero-order valence-corrected chi connectivity index (χ0v) is 15.8. The number of methoxy groups -OCH3 is 2. The van der Waals surface area contributed by atoms with Crippen LogP contribution in [0.15, 0.2) is 34.7 Å². The molecule has 1 N–H and O–H groups in total. The quantitative estimate of drug-likeness (QED) is 0.501. The first-order valence-electron chi connectivity index (χ1n) is 8.46. The third-order valence-corrected chi connectivity index (χ3v) is 4.10. The molecule has 0 radical (unpaired) electrons. The third-order valence-electron chi connectivity index (χ3n) is 4.10. The molecule has 0 aliphatic heterocycles. The van der Waals surface area contributed by atoms with Gasteiger partial charge in [-0.15, -0.1) is 0 Å². The van der Waals surface area contributed by atoms with E-state index >= 15 is 0 Å². The number of nitro benzene ring substituents is 1. The number of fused-ring (bicyclic) bond motifs is 1. The molecule has 9 heteroatoms. The van der Waals surface area contributed by atoms with E-state index in [1.54, 1.807) is 18.2 Å². The van der Waals surface area contributed by atoms with Crippen LogP contribution in [0.1, 0.15) is 36.0 Å². The summed E-state index contributed by atoms with van der Waals surface area (Å²) in [6.45, 7) is 3.92. The van der Waals surface area contributed by atoms with Gasteiger partial charge in [-0.1, -0.05) is 13.8 Å². The van der Waals surface area contributed by atoms with Crippen LogP contribution in [0, 0.1) is 10.1 Å². The molecule has 0 saturated carbocycles. The average molecular weight is 385 g/mol. The second-order valence-corrected chi connectivity index (χ2v) is 6.32. The van der Waals surface area contributed by atoms with E-state index in [9.17, 15) is 14.9 Å². The van der Waals surface area contributed by atoms with Crippen molar-refractivity contribution < 1.29 is 23.6 Å². The van der Waals surface area contributed by atoms with E-state index in [1.165, 1.54) is 20.3 Å². The minimum absolute atomic E-state index is 0.125. The van der Waals surface area contributed by atoms with Gasteiger partial charge in [0.2, 0.25) is 0 Å². The number of carbonyl (C=O) groups excluding carboxylic acids is 1. The van der Waals surface area contributed by atoms with Gasteiger partial charge in [-0.3, -0.25) is 14.9 Å². The van der Waals surface area contributed by atoms with Gasteiger partial charge in [0.25, 0.3) is 11.6 Å². The highest BCUT2D eigenvalue weighted by Crippen LogP contribution is 2.35. The second-order valence-electron chi connectivity index (χ2n) is 6.32. The van der Waals surface area contributed by atoms with Gasteiger partial charge >= 0.3 is 0 Å². The lowest BCUT2D eigenvalue weighted by Gasteiger charge is -2.11. The van der Waals surface area contributed by atoms with Crippen LogP contribution in [-0.2, 0) is 0 Å². The van der Waals surface area contributed by atoms with E-state index in [-0.39, 0.29) is 28.7 Å². The Labute approximate surface area is 160 Å². The fraction of sp³-hybridized carbons (Fsp3) is 0.263. The number of hydrogen-bond acceptors (Lipinski definition) is 7. The van der Waals surface area contributed by atoms with Crippen LogP contribution in [0.25, 0.3) is 11.1 Å². The van der Waals surface area contributed by atoms with Crippen molar-refractivity contribution in [2.45, 2.75) is 19.8 Å². The Morgan fingerprint density at radius 3 is 2.46 bits per heavy atom. The second kappa shape index (κ2) is 7.55. The van der Waals surface area contributed by atoms with Gasteiger partial charge in [-0.25, -0.2) is 4.98 Å². The van der Waals surface area contributed by atoms with Crippen LogP contribution < -0.4 is 14.8 Å². The Bertz CT molecular complexity index is 1060. The number of nitrogens with one attached hydrogen (secondary N) is 1. The Kier molecular flexibility index (Phi) is 5.16. The Hall–Kier alpha value is -3.62. The SMILES string of the molecule is COc1cc(C(=O)Nc2ccc3oc(C(C)C)nc3c2)c([N+](=O)[O-])cc1OC. The van der Waals surface area contributed by atoms with Crippen molar-refractivity contribution in [3.8, 4) is 11.5 Å². The van der Waals surface area contributed by atoms with E-state index in [2.05, 4.69) is 10.3 Å². The highest BCUT2D eigenvalue weighted by molar-refractivity contribution is 6.08. The highest BCUT2D eigenvalue weighted by Gasteiger charge is 2.25. The normalized spacial score (nSPS) is 10.9. The van der Waals surface area contributed by atoms with Gasteiger partial charge in [-0.05, 0) is 18.2 Å². The summed E-state index contributed by atoms with van der Waals surface area (Å²) in [6.07, 6.45) is 0. The monoisotopic (exact) mass is 385 g/mol. The fourth-order valence-electron chi connectivity index (χ4n) is 2.67. The van der Waals surface area contributed by atoms with Gasteiger partial charge in [0.05, 0.1) is 25.2 Å². The first kappa shape index (κ1) is 19.2. The van der Waals surface area contributed by atoms with Crippen molar-refractivity contribution in [1.29, 1.82) is 0 Å². The molecule has 0 saturated heterocycles. The van der Waals surface area contributed by atoms with E-state index in [4.69, 9.17) is 13.9 Å². The lowest BCUT2D eigenvalue weighted by atomic mass is 10.1. The Morgan fingerprint density at radius 1 is 1.18 bits per heavy atom. The van der Waals surface area contributed by atoms with Crippen molar-refractivity contribution >= 4 is 28.4 Å². The maximum atomic E-state index is 12.7. The van der Waals surface area contributed by atoms with Crippen LogP contribution in [0.3, 0.4) is 0 Å². The predicted molar refractivity (Wildman–Crippen MR) is 102 cm³/mol. The molecular weight excluding hydrogens is 366 g/mol. The number of rotatable bonds is 6. The largest absolute Gasteiger partial charge is 0.493 e. The summed E-state index contributed by atoms with van der Waals surface area (Å²) in [4.78, 5) is 27.8. The molecule has 3 aromatic rings. The summed E-state index contributed by atoms with van der Waals surface area (Å²) in [5, 5.41) is 14.0. The molecule has 0 unspecified atom stereocenters. The molecule has 0 aliphatic rings. The maximum absolute atomic E-state index is 12.7. The van der Waals surface area contributed by atoms with E-state index < -0.39 is 10.8 Å². The van der Waals surface area contributed by atoms with Gasteiger partial charge in [0, 0.05) is 17.7 Å². The molecule has 0 atom stereocenters. The smallest absolute Gasteiger partial charge is 0.286 e.